The Morgan fingerprint density at radius 1 is 1.24 bits per heavy atom. The van der Waals surface area contributed by atoms with Crippen LogP contribution in [0.15, 0.2) is 36.7 Å². The first-order chi connectivity index (χ1) is 15.9. The minimum atomic E-state index is -0.310. The summed E-state index contributed by atoms with van der Waals surface area (Å²) in [5, 5.41) is 5.55. The molecule has 8 nitrogen and oxygen atoms in total. The molecule has 1 aliphatic rings. The zero-order valence-electron chi connectivity index (χ0n) is 19.1. The normalized spacial score (nSPS) is 16.3. The van der Waals surface area contributed by atoms with Crippen LogP contribution >= 0.6 is 11.6 Å². The van der Waals surface area contributed by atoms with Crippen LogP contribution in [0.3, 0.4) is 0 Å². The van der Waals surface area contributed by atoms with Crippen molar-refractivity contribution >= 4 is 34.5 Å². The predicted octanol–water partition coefficient (Wildman–Crippen LogP) is 4.37. The van der Waals surface area contributed by atoms with Crippen LogP contribution in [0.1, 0.15) is 37.0 Å². The van der Waals surface area contributed by atoms with E-state index >= 15 is 0 Å². The number of carbonyl (C=O) groups is 2. The lowest BCUT2D eigenvalue weighted by atomic mass is 10.1. The van der Waals surface area contributed by atoms with E-state index in [4.69, 9.17) is 21.3 Å². The molecular formula is C24H28ClN5O3. The molecule has 0 spiro atoms. The summed E-state index contributed by atoms with van der Waals surface area (Å²) in [6.07, 6.45) is 5.11. The van der Waals surface area contributed by atoms with E-state index < -0.39 is 0 Å². The summed E-state index contributed by atoms with van der Waals surface area (Å²) in [7, 11) is 1.84. The third-order valence-corrected chi connectivity index (χ3v) is 6.19. The molecule has 2 amide bonds. The minimum Gasteiger partial charge on any atom is -0.449 e. The van der Waals surface area contributed by atoms with Crippen molar-refractivity contribution < 1.29 is 14.3 Å². The quantitative estimate of drug-likeness (QED) is 0.518. The zero-order valence-corrected chi connectivity index (χ0v) is 19.9. The summed E-state index contributed by atoms with van der Waals surface area (Å²) < 4.78 is 7.02. The number of unbranched alkanes of at least 4 members (excludes halogenated alkanes) is 1. The summed E-state index contributed by atoms with van der Waals surface area (Å²) in [6, 6.07) is 7.07. The molecule has 1 aromatic carbocycles. The van der Waals surface area contributed by atoms with E-state index in [1.807, 2.05) is 32.3 Å². The molecule has 4 rings (SSSR count). The molecule has 3 heterocycles. The third kappa shape index (κ3) is 4.95. The molecule has 2 aromatic heterocycles. The van der Waals surface area contributed by atoms with Crippen molar-refractivity contribution in [1.82, 2.24) is 24.6 Å². The average molecular weight is 470 g/mol. The van der Waals surface area contributed by atoms with Gasteiger partial charge >= 0.3 is 6.09 Å². The van der Waals surface area contributed by atoms with Crippen molar-refractivity contribution in [1.29, 1.82) is 0 Å². The van der Waals surface area contributed by atoms with Crippen molar-refractivity contribution in [2.24, 2.45) is 7.05 Å². The van der Waals surface area contributed by atoms with Gasteiger partial charge in [0.05, 0.1) is 29.0 Å². The molecule has 0 aliphatic carbocycles. The van der Waals surface area contributed by atoms with Crippen molar-refractivity contribution in [3.63, 3.8) is 0 Å². The van der Waals surface area contributed by atoms with E-state index in [1.54, 1.807) is 32.8 Å². The van der Waals surface area contributed by atoms with Crippen LogP contribution in [-0.2, 0) is 11.8 Å². The Morgan fingerprint density at radius 2 is 2.06 bits per heavy atom. The first-order valence-corrected chi connectivity index (χ1v) is 11.6. The summed E-state index contributed by atoms with van der Waals surface area (Å²) in [4.78, 5) is 33.8. The molecule has 33 heavy (non-hydrogen) atoms. The topological polar surface area (TPSA) is 80.6 Å². The van der Waals surface area contributed by atoms with Gasteiger partial charge in [-0.05, 0) is 31.5 Å². The van der Waals surface area contributed by atoms with E-state index in [0.717, 1.165) is 23.8 Å². The number of aryl methyl sites for hydroxylation is 1. The molecule has 0 N–H and O–H groups in total. The van der Waals surface area contributed by atoms with Crippen molar-refractivity contribution in [3.05, 3.63) is 47.2 Å². The number of benzene rings is 1. The average Bonchev–Trinajstić information content (AvgIpc) is 3.24. The number of hydrogen-bond acceptors (Lipinski definition) is 5. The van der Waals surface area contributed by atoms with Gasteiger partial charge < -0.3 is 14.5 Å². The van der Waals surface area contributed by atoms with Gasteiger partial charge in [-0.1, -0.05) is 31.0 Å². The molecule has 9 heteroatoms. The summed E-state index contributed by atoms with van der Waals surface area (Å²) in [5.74, 6) is -0.0897. The first-order valence-electron chi connectivity index (χ1n) is 11.2. The minimum absolute atomic E-state index is 0.0897. The standard InChI is InChI=1S/C24H28ClN5O3/c1-4-5-10-33-24(32)29-8-9-30(16(2)14-29)23(31)17-6-7-19-20(25)12-21(27-22(19)11-17)18-13-26-28(3)15-18/h6-7,11-13,15-16H,4-5,8-10,14H2,1-3H3. The Kier molecular flexibility index (Phi) is 6.83. The molecule has 3 aromatic rings. The van der Waals surface area contributed by atoms with Crippen molar-refractivity contribution in [2.45, 2.75) is 32.7 Å². The van der Waals surface area contributed by atoms with Gasteiger partial charge in [0.25, 0.3) is 5.91 Å². The predicted molar refractivity (Wildman–Crippen MR) is 127 cm³/mol. The largest absolute Gasteiger partial charge is 0.449 e. The van der Waals surface area contributed by atoms with E-state index in [2.05, 4.69) is 12.0 Å². The highest BCUT2D eigenvalue weighted by Crippen LogP contribution is 2.29. The Bertz CT molecular complexity index is 1180. The van der Waals surface area contributed by atoms with Gasteiger partial charge in [0.1, 0.15) is 0 Å². The Labute approximate surface area is 198 Å². The number of aromatic nitrogens is 3. The highest BCUT2D eigenvalue weighted by Gasteiger charge is 2.31. The number of halogens is 1. The molecule has 0 saturated carbocycles. The van der Waals surface area contributed by atoms with Crippen LogP contribution in [0.5, 0.6) is 0 Å². The zero-order chi connectivity index (χ0) is 23.5. The highest BCUT2D eigenvalue weighted by molar-refractivity contribution is 6.35. The Hall–Kier alpha value is -3.13. The lowest BCUT2D eigenvalue weighted by molar-refractivity contribution is 0.0411. The first kappa shape index (κ1) is 23.0. The maximum atomic E-state index is 13.3. The second-order valence-corrected chi connectivity index (χ2v) is 8.79. The third-order valence-electron chi connectivity index (χ3n) is 5.88. The van der Waals surface area contributed by atoms with Crippen LogP contribution in [-0.4, -0.2) is 68.8 Å². The van der Waals surface area contributed by atoms with Crippen LogP contribution in [0.25, 0.3) is 22.2 Å². The second kappa shape index (κ2) is 9.79. The number of nitrogens with zero attached hydrogens (tertiary/aromatic N) is 5. The number of fused-ring (bicyclic) bond motifs is 1. The van der Waals surface area contributed by atoms with Gasteiger partial charge in [0, 0.05) is 55.4 Å². The number of hydrogen-bond donors (Lipinski definition) is 0. The van der Waals surface area contributed by atoms with Crippen LogP contribution in [0.2, 0.25) is 5.02 Å². The Balaban J connectivity index is 1.51. The molecular weight excluding hydrogens is 442 g/mol. The fourth-order valence-corrected chi connectivity index (χ4v) is 4.27. The second-order valence-electron chi connectivity index (χ2n) is 8.39. The smallest absolute Gasteiger partial charge is 0.409 e. The van der Waals surface area contributed by atoms with Gasteiger partial charge in [-0.2, -0.15) is 5.10 Å². The molecule has 0 bridgehead atoms. The number of piperazine rings is 1. The summed E-state index contributed by atoms with van der Waals surface area (Å²) in [6.45, 7) is 5.76. The molecule has 1 fully saturated rings. The summed E-state index contributed by atoms with van der Waals surface area (Å²) in [5.41, 5.74) is 2.75. The number of ether oxygens (including phenoxy) is 1. The molecule has 1 saturated heterocycles. The lowest BCUT2D eigenvalue weighted by Crippen LogP contribution is -2.55. The number of carbonyl (C=O) groups excluding carboxylic acids is 2. The van der Waals surface area contributed by atoms with Crippen LogP contribution in [0, 0.1) is 0 Å². The maximum absolute atomic E-state index is 13.3. The highest BCUT2D eigenvalue weighted by atomic mass is 35.5. The maximum Gasteiger partial charge on any atom is 0.409 e. The fourth-order valence-electron chi connectivity index (χ4n) is 4.01. The number of pyridine rings is 1. The van der Waals surface area contributed by atoms with Gasteiger partial charge in [0.15, 0.2) is 0 Å². The lowest BCUT2D eigenvalue weighted by Gasteiger charge is -2.39. The number of rotatable bonds is 5. The van der Waals surface area contributed by atoms with Gasteiger partial charge in [-0.25, -0.2) is 9.78 Å². The summed E-state index contributed by atoms with van der Waals surface area (Å²) >= 11 is 6.50. The van der Waals surface area contributed by atoms with E-state index in [9.17, 15) is 9.59 Å². The van der Waals surface area contributed by atoms with E-state index in [-0.39, 0.29) is 18.0 Å². The van der Waals surface area contributed by atoms with Crippen molar-refractivity contribution in [3.8, 4) is 11.3 Å². The molecule has 0 radical (unpaired) electrons. The molecule has 174 valence electrons. The molecule has 1 unspecified atom stereocenters. The van der Waals surface area contributed by atoms with E-state index in [1.165, 1.54) is 0 Å². The van der Waals surface area contributed by atoms with Gasteiger partial charge in [-0.3, -0.25) is 9.48 Å². The van der Waals surface area contributed by atoms with E-state index in [0.29, 0.717) is 48.0 Å². The SMILES string of the molecule is CCCCOC(=O)N1CCN(C(=O)c2ccc3c(Cl)cc(-c4cnn(C)c4)nc3c2)C(C)C1. The van der Waals surface area contributed by atoms with Crippen molar-refractivity contribution in [2.75, 3.05) is 26.2 Å². The fraction of sp³-hybridized carbons (Fsp3) is 0.417. The monoisotopic (exact) mass is 469 g/mol. The van der Waals surface area contributed by atoms with Crippen LogP contribution < -0.4 is 0 Å². The molecule has 1 atom stereocenters. The number of amides is 2. The molecule has 1 aliphatic heterocycles. The van der Waals surface area contributed by atoms with Gasteiger partial charge in [-0.15, -0.1) is 0 Å². The van der Waals surface area contributed by atoms with Crippen LogP contribution in [0.4, 0.5) is 4.79 Å². The Morgan fingerprint density at radius 3 is 2.76 bits per heavy atom. The van der Waals surface area contributed by atoms with Gasteiger partial charge in [0.2, 0.25) is 0 Å².